The van der Waals surface area contributed by atoms with Gasteiger partial charge in [0.1, 0.15) is 29.3 Å². The van der Waals surface area contributed by atoms with Crippen molar-refractivity contribution in [3.8, 4) is 5.69 Å². The van der Waals surface area contributed by atoms with Crippen molar-refractivity contribution < 1.29 is 40.4 Å². The quantitative estimate of drug-likeness (QED) is 0.0832. The van der Waals surface area contributed by atoms with Crippen LogP contribution < -0.4 is 0 Å². The van der Waals surface area contributed by atoms with Gasteiger partial charge in [-0.2, -0.15) is 4.31 Å². The van der Waals surface area contributed by atoms with E-state index in [9.17, 15) is 27.1 Å². The van der Waals surface area contributed by atoms with Crippen LogP contribution in [-0.4, -0.2) is 78.6 Å². The maximum Gasteiger partial charge on any atom is 0.322 e. The normalized spacial score (nSPS) is 13.2. The molecule has 3 aromatic carbocycles. The molecule has 1 aromatic heterocycles. The zero-order chi connectivity index (χ0) is 36.5. The van der Waals surface area contributed by atoms with Crippen molar-refractivity contribution in [3.63, 3.8) is 0 Å². The average molecular weight is 742 g/mol. The zero-order valence-electron chi connectivity index (χ0n) is 27.8. The van der Waals surface area contributed by atoms with Crippen LogP contribution in [-0.2, 0) is 26.0 Å². The number of quaternary nitrogens is 1. The second kappa shape index (κ2) is 14.8. The number of sulfonamides is 1. The predicted octanol–water partition coefficient (Wildman–Crippen LogP) is 7.26. The topological polar surface area (TPSA) is 92.5 Å². The summed E-state index contributed by atoms with van der Waals surface area (Å²) in [5, 5.41) is 9.98. The van der Waals surface area contributed by atoms with E-state index in [-0.39, 0.29) is 22.4 Å². The lowest BCUT2D eigenvalue weighted by atomic mass is 9.81. The summed E-state index contributed by atoms with van der Waals surface area (Å²) in [6.45, 7) is 4.30. The van der Waals surface area contributed by atoms with Gasteiger partial charge < -0.3 is 9.59 Å². The second-order valence-corrected chi connectivity index (χ2v) is 16.5. The third-order valence-corrected chi connectivity index (χ3v) is 11.4. The Kier molecular flexibility index (Phi) is 11.6. The number of benzene rings is 3. The summed E-state index contributed by atoms with van der Waals surface area (Å²) in [7, 11) is 2.24. The van der Waals surface area contributed by atoms with E-state index in [0.717, 1.165) is 18.8 Å². The Balaban J connectivity index is 1.65. The number of hydrogen-bond acceptors (Lipinski definition) is 5. The summed E-state index contributed by atoms with van der Waals surface area (Å²) < 4.78 is 88.4. The number of likely N-dealkylation sites (N-methyl/N-ethyl adjacent to an activating group) is 1. The van der Waals surface area contributed by atoms with Gasteiger partial charge in [-0.15, -0.1) is 0 Å². The van der Waals surface area contributed by atoms with Crippen molar-refractivity contribution in [3.05, 3.63) is 106 Å². The van der Waals surface area contributed by atoms with Gasteiger partial charge in [-0.3, -0.25) is 9.36 Å². The van der Waals surface area contributed by atoms with Gasteiger partial charge in [0.05, 0.1) is 49.5 Å². The summed E-state index contributed by atoms with van der Waals surface area (Å²) in [5.41, 5.74) is 0.484. The van der Waals surface area contributed by atoms with Crippen molar-refractivity contribution >= 4 is 39.4 Å². The minimum absolute atomic E-state index is 0.00790. The van der Waals surface area contributed by atoms with Crippen LogP contribution in [0.1, 0.15) is 43.5 Å². The smallest absolute Gasteiger partial charge is 0.322 e. The number of halogens is 5. The molecular weight excluding hydrogens is 704 g/mol. The molecule has 1 N–H and O–H groups in total. The monoisotopic (exact) mass is 741 g/mol. The Bertz CT molecular complexity index is 1930. The Morgan fingerprint density at radius 3 is 2.18 bits per heavy atom. The average Bonchev–Trinajstić information content (AvgIpc) is 3.44. The predicted molar refractivity (Wildman–Crippen MR) is 181 cm³/mol. The second-order valence-electron chi connectivity index (χ2n) is 13.2. The molecule has 0 aliphatic carbocycles. The van der Waals surface area contributed by atoms with Crippen molar-refractivity contribution in [1.82, 2.24) is 13.9 Å². The van der Waals surface area contributed by atoms with Crippen LogP contribution in [0.5, 0.6) is 0 Å². The summed E-state index contributed by atoms with van der Waals surface area (Å²) in [5.74, 6) is -5.03. The molecule has 4 rings (SSSR count). The Morgan fingerprint density at radius 2 is 1.63 bits per heavy atom. The molecule has 49 heavy (non-hydrogen) atoms. The van der Waals surface area contributed by atoms with Gasteiger partial charge in [0.15, 0.2) is 5.16 Å². The van der Waals surface area contributed by atoms with Crippen LogP contribution in [0.15, 0.2) is 70.8 Å². The molecular formula is C34H38ClF4N4O4S2+. The number of nitrogens with zero attached hydrogens (tertiary/aromatic N) is 4. The number of aromatic nitrogens is 2. The van der Waals surface area contributed by atoms with Crippen molar-refractivity contribution in [1.29, 1.82) is 0 Å². The number of imidazole rings is 1. The molecule has 1 atom stereocenters. The minimum atomic E-state index is -4.59. The molecule has 15 heteroatoms. The molecule has 0 saturated carbocycles. The fourth-order valence-electron chi connectivity index (χ4n) is 5.31. The molecule has 0 spiro atoms. The number of carbonyl (C=O) groups is 1. The van der Waals surface area contributed by atoms with Gasteiger partial charge in [-0.05, 0) is 66.9 Å². The standard InChI is InChI=1S/C34H37ClF4N4O4S2/c1-34(2,21-9-14-27(37)26(35)16-21)31-19-40-33(42(31)23-12-10-22(36)11-13-23)48-20-25-28(38)17-24(18-29(25)39)49(46,47)41(3)30(32(44)45)8-7-15-43(4,5)6/h9-14,16-19,30H,7-8,15,20H2,1-6H3/p+1. The maximum atomic E-state index is 15.5. The van der Waals surface area contributed by atoms with Gasteiger partial charge in [0.2, 0.25) is 10.0 Å². The third-order valence-electron chi connectivity index (χ3n) is 8.26. The lowest BCUT2D eigenvalue weighted by Crippen LogP contribution is -2.43. The Morgan fingerprint density at radius 1 is 1.02 bits per heavy atom. The fourth-order valence-corrected chi connectivity index (χ4v) is 7.86. The van der Waals surface area contributed by atoms with Crippen LogP contribution in [0.25, 0.3) is 5.69 Å². The largest absolute Gasteiger partial charge is 0.480 e. The van der Waals surface area contributed by atoms with E-state index in [0.29, 0.717) is 50.8 Å². The van der Waals surface area contributed by atoms with Gasteiger partial charge in [0.25, 0.3) is 0 Å². The number of hydrogen-bond donors (Lipinski definition) is 1. The van der Waals surface area contributed by atoms with Crippen molar-refractivity contribution in [2.45, 2.75) is 54.0 Å². The van der Waals surface area contributed by atoms with Gasteiger partial charge >= 0.3 is 5.97 Å². The zero-order valence-corrected chi connectivity index (χ0v) is 30.2. The van der Waals surface area contributed by atoms with E-state index < -0.39 is 61.2 Å². The molecule has 0 fully saturated rings. The molecule has 1 heterocycles. The molecule has 8 nitrogen and oxygen atoms in total. The number of carboxylic acid groups (broad SMARTS) is 1. The van der Waals surface area contributed by atoms with Crippen LogP contribution in [0.3, 0.4) is 0 Å². The highest BCUT2D eigenvalue weighted by Crippen LogP contribution is 2.38. The van der Waals surface area contributed by atoms with E-state index in [1.807, 2.05) is 35.0 Å². The molecule has 0 aliphatic rings. The molecule has 264 valence electrons. The Labute approximate surface area is 293 Å². The van der Waals surface area contributed by atoms with E-state index in [4.69, 9.17) is 11.6 Å². The molecule has 0 saturated heterocycles. The summed E-state index contributed by atoms with van der Waals surface area (Å²) in [6.07, 6.45) is 1.97. The van der Waals surface area contributed by atoms with Gasteiger partial charge in [-0.25, -0.2) is 31.0 Å². The maximum absolute atomic E-state index is 15.5. The first kappa shape index (κ1) is 38.4. The lowest BCUT2D eigenvalue weighted by Gasteiger charge is -2.28. The van der Waals surface area contributed by atoms with E-state index in [1.165, 1.54) is 36.4 Å². The summed E-state index contributed by atoms with van der Waals surface area (Å²) in [6, 6.07) is 9.77. The first-order valence-electron chi connectivity index (χ1n) is 15.2. The molecule has 4 aromatic rings. The van der Waals surface area contributed by atoms with Crippen LogP contribution >= 0.6 is 23.4 Å². The van der Waals surface area contributed by atoms with Crippen LogP contribution in [0, 0.1) is 23.3 Å². The number of aliphatic carboxylic acids is 1. The number of thioether (sulfide) groups is 1. The van der Waals surface area contributed by atoms with Crippen molar-refractivity contribution in [2.75, 3.05) is 34.7 Å². The molecule has 0 aliphatic heterocycles. The van der Waals surface area contributed by atoms with Crippen LogP contribution in [0.4, 0.5) is 17.6 Å². The molecule has 0 radical (unpaired) electrons. The van der Waals surface area contributed by atoms with E-state index in [1.54, 1.807) is 16.8 Å². The summed E-state index contributed by atoms with van der Waals surface area (Å²) in [4.78, 5) is 15.8. The number of rotatable bonds is 14. The highest BCUT2D eigenvalue weighted by molar-refractivity contribution is 7.98. The molecule has 1 unspecified atom stereocenters. The third kappa shape index (κ3) is 8.66. The lowest BCUT2D eigenvalue weighted by molar-refractivity contribution is -0.870. The first-order valence-corrected chi connectivity index (χ1v) is 18.0. The van der Waals surface area contributed by atoms with Crippen LogP contribution in [0.2, 0.25) is 5.02 Å². The fraction of sp³-hybridized carbons (Fsp3) is 0.353. The highest BCUT2D eigenvalue weighted by atomic mass is 35.5. The number of carboxylic acids is 1. The SMILES string of the molecule is CN(C(CCC[N+](C)(C)C)C(=O)O)S(=O)(=O)c1cc(F)c(CSc2ncc(C(C)(C)c3ccc(F)c(Cl)c3)n2-c2ccc(F)cc2)c(F)c1. The van der Waals surface area contributed by atoms with E-state index in [2.05, 4.69) is 4.98 Å². The van der Waals surface area contributed by atoms with Gasteiger partial charge in [-0.1, -0.05) is 43.3 Å². The minimum Gasteiger partial charge on any atom is -0.480 e. The summed E-state index contributed by atoms with van der Waals surface area (Å²) >= 11 is 7.03. The van der Waals surface area contributed by atoms with Gasteiger partial charge in [0, 0.05) is 29.5 Å². The molecule has 0 amide bonds. The Hall–Kier alpha value is -3.43. The first-order chi connectivity index (χ1) is 22.7. The molecule has 0 bridgehead atoms. The van der Waals surface area contributed by atoms with Crippen molar-refractivity contribution in [2.24, 2.45) is 0 Å². The highest BCUT2D eigenvalue weighted by Gasteiger charge is 2.35. The van der Waals surface area contributed by atoms with E-state index >= 15 is 8.78 Å².